The zero-order valence-corrected chi connectivity index (χ0v) is 9.22. The molecule has 0 unspecified atom stereocenters. The fourth-order valence-electron chi connectivity index (χ4n) is 1.37. The number of rotatable bonds is 1. The van der Waals surface area contributed by atoms with Gasteiger partial charge in [-0.2, -0.15) is 0 Å². The highest BCUT2D eigenvalue weighted by Gasteiger charge is 2.18. The molecule has 0 amide bonds. The first kappa shape index (κ1) is 10.3. The molecule has 1 aliphatic heterocycles. The summed E-state index contributed by atoms with van der Waals surface area (Å²) < 4.78 is 22.5. The summed E-state index contributed by atoms with van der Waals surface area (Å²) in [6, 6.07) is 6.84. The number of sulfone groups is 1. The first-order chi connectivity index (χ1) is 6.98. The fraction of sp³-hybridized carbons (Fsp3) is 0. The van der Waals surface area contributed by atoms with Gasteiger partial charge < -0.3 is 5.73 Å². The van der Waals surface area contributed by atoms with E-state index in [0.29, 0.717) is 10.6 Å². The van der Waals surface area contributed by atoms with Crippen LogP contribution in [0.25, 0.3) is 5.57 Å². The van der Waals surface area contributed by atoms with Crippen molar-refractivity contribution in [1.29, 1.82) is 0 Å². The monoisotopic (exact) mass is 241 g/mol. The number of hydrogen-bond acceptors (Lipinski definition) is 3. The van der Waals surface area contributed by atoms with Gasteiger partial charge in [0.15, 0.2) is 9.84 Å². The van der Waals surface area contributed by atoms with Gasteiger partial charge in [0.25, 0.3) is 0 Å². The molecule has 78 valence electrons. The largest absolute Gasteiger partial charge is 0.398 e. The highest BCUT2D eigenvalue weighted by atomic mass is 35.5. The zero-order chi connectivity index (χ0) is 11.1. The molecule has 0 atom stereocenters. The molecule has 3 nitrogen and oxygen atoms in total. The van der Waals surface area contributed by atoms with Crippen molar-refractivity contribution in [2.75, 3.05) is 0 Å². The van der Waals surface area contributed by atoms with Gasteiger partial charge in [-0.15, -0.1) is 0 Å². The van der Waals surface area contributed by atoms with Gasteiger partial charge in [-0.3, -0.25) is 0 Å². The van der Waals surface area contributed by atoms with E-state index in [1.165, 1.54) is 0 Å². The number of allylic oxidation sites excluding steroid dienone is 1. The summed E-state index contributed by atoms with van der Waals surface area (Å²) in [5, 5.41) is 2.81. The summed E-state index contributed by atoms with van der Waals surface area (Å²) in [6.07, 6.45) is 0. The predicted molar refractivity (Wildman–Crippen MR) is 60.6 cm³/mol. The molecular weight excluding hydrogens is 234 g/mol. The van der Waals surface area contributed by atoms with Gasteiger partial charge in [0.2, 0.25) is 0 Å². The van der Waals surface area contributed by atoms with Gasteiger partial charge in [-0.05, 0) is 17.7 Å². The molecule has 0 aromatic heterocycles. The van der Waals surface area contributed by atoms with E-state index in [2.05, 4.69) is 0 Å². The molecule has 15 heavy (non-hydrogen) atoms. The first-order valence-electron chi connectivity index (χ1n) is 4.18. The van der Waals surface area contributed by atoms with E-state index in [1.807, 2.05) is 0 Å². The van der Waals surface area contributed by atoms with Crippen LogP contribution in [0.5, 0.6) is 0 Å². The Balaban J connectivity index is 2.51. The molecule has 2 N–H and O–H groups in total. The van der Waals surface area contributed by atoms with Crippen molar-refractivity contribution < 1.29 is 8.42 Å². The third-order valence-electron chi connectivity index (χ3n) is 2.04. The van der Waals surface area contributed by atoms with Crippen LogP contribution < -0.4 is 5.73 Å². The second-order valence-corrected chi connectivity index (χ2v) is 5.29. The Labute approximate surface area is 92.8 Å². The molecule has 2 rings (SSSR count). The molecular formula is C10H8ClNO2S. The number of hydrogen-bond donors (Lipinski definition) is 1. The maximum absolute atomic E-state index is 11.2. The molecule has 1 aromatic rings. The SMILES string of the molecule is NC1=CS(=O)(=O)C=C1c1ccc(Cl)cc1. The van der Waals surface area contributed by atoms with Crippen LogP contribution >= 0.6 is 11.6 Å². The summed E-state index contributed by atoms with van der Waals surface area (Å²) in [4.78, 5) is 0. The summed E-state index contributed by atoms with van der Waals surface area (Å²) >= 11 is 5.73. The molecule has 0 fully saturated rings. The summed E-state index contributed by atoms with van der Waals surface area (Å²) in [5.74, 6) is 0. The Morgan fingerprint density at radius 2 is 1.67 bits per heavy atom. The highest BCUT2D eigenvalue weighted by Crippen LogP contribution is 2.28. The lowest BCUT2D eigenvalue weighted by Crippen LogP contribution is -1.97. The van der Waals surface area contributed by atoms with Gasteiger partial charge in [0, 0.05) is 16.0 Å². The quantitative estimate of drug-likeness (QED) is 0.817. The van der Waals surface area contributed by atoms with Crippen LogP contribution in [0, 0.1) is 0 Å². The van der Waals surface area contributed by atoms with Gasteiger partial charge in [0.05, 0.1) is 11.1 Å². The van der Waals surface area contributed by atoms with Crippen molar-refractivity contribution in [3.05, 3.63) is 51.4 Å². The molecule has 0 bridgehead atoms. The third kappa shape index (κ3) is 2.06. The van der Waals surface area contributed by atoms with E-state index in [0.717, 1.165) is 16.4 Å². The van der Waals surface area contributed by atoms with Crippen LogP contribution in [0.3, 0.4) is 0 Å². The maximum Gasteiger partial charge on any atom is 0.195 e. The molecule has 0 saturated heterocycles. The Bertz CT molecular complexity index is 556. The second kappa shape index (κ2) is 3.40. The molecule has 0 spiro atoms. The van der Waals surface area contributed by atoms with Crippen molar-refractivity contribution in [3.8, 4) is 0 Å². The van der Waals surface area contributed by atoms with Crippen LogP contribution in [0.2, 0.25) is 5.02 Å². The number of halogens is 1. The Hall–Kier alpha value is -1.26. The molecule has 1 aromatic carbocycles. The standard InChI is InChI=1S/C10H8ClNO2S/c11-8-3-1-7(2-4-8)9-5-15(13,14)6-10(9)12/h1-6H,12H2. The van der Waals surface area contributed by atoms with Crippen LogP contribution in [0.1, 0.15) is 5.56 Å². The van der Waals surface area contributed by atoms with E-state index in [4.69, 9.17) is 17.3 Å². The average Bonchev–Trinajstić information content (AvgIpc) is 2.41. The Kier molecular flexibility index (Phi) is 2.32. The molecule has 0 radical (unpaired) electrons. The van der Waals surface area contributed by atoms with Crippen LogP contribution in [-0.4, -0.2) is 8.42 Å². The molecule has 1 aliphatic rings. The van der Waals surface area contributed by atoms with Gasteiger partial charge in [-0.25, -0.2) is 8.42 Å². The van der Waals surface area contributed by atoms with Crippen LogP contribution in [-0.2, 0) is 9.84 Å². The first-order valence-corrected chi connectivity index (χ1v) is 6.17. The Morgan fingerprint density at radius 1 is 1.07 bits per heavy atom. The van der Waals surface area contributed by atoms with Crippen molar-refractivity contribution in [2.24, 2.45) is 5.73 Å². The lowest BCUT2D eigenvalue weighted by Gasteiger charge is -2.02. The lowest BCUT2D eigenvalue weighted by atomic mass is 10.1. The number of nitrogens with two attached hydrogens (primary N) is 1. The van der Waals surface area contributed by atoms with Gasteiger partial charge in [-0.1, -0.05) is 23.7 Å². The minimum absolute atomic E-state index is 0.261. The second-order valence-electron chi connectivity index (χ2n) is 3.20. The van der Waals surface area contributed by atoms with Crippen molar-refractivity contribution >= 4 is 27.0 Å². The lowest BCUT2D eigenvalue weighted by molar-refractivity contribution is 0.613. The van der Waals surface area contributed by atoms with E-state index in [9.17, 15) is 8.42 Å². The fourth-order valence-corrected chi connectivity index (χ4v) is 2.65. The van der Waals surface area contributed by atoms with E-state index >= 15 is 0 Å². The van der Waals surface area contributed by atoms with Gasteiger partial charge in [0.1, 0.15) is 0 Å². The third-order valence-corrected chi connectivity index (χ3v) is 3.44. The smallest absolute Gasteiger partial charge is 0.195 e. The van der Waals surface area contributed by atoms with Crippen LogP contribution in [0.4, 0.5) is 0 Å². The maximum atomic E-state index is 11.2. The highest BCUT2D eigenvalue weighted by molar-refractivity contribution is 7.97. The molecule has 0 saturated carbocycles. The van der Waals surface area contributed by atoms with E-state index < -0.39 is 9.84 Å². The van der Waals surface area contributed by atoms with E-state index in [1.54, 1.807) is 24.3 Å². The molecule has 1 heterocycles. The Morgan fingerprint density at radius 3 is 2.13 bits per heavy atom. The topological polar surface area (TPSA) is 60.2 Å². The minimum atomic E-state index is -3.28. The summed E-state index contributed by atoms with van der Waals surface area (Å²) in [6.45, 7) is 0. The summed E-state index contributed by atoms with van der Waals surface area (Å²) in [7, 11) is -3.28. The molecule has 0 aliphatic carbocycles. The average molecular weight is 242 g/mol. The van der Waals surface area contributed by atoms with Gasteiger partial charge >= 0.3 is 0 Å². The van der Waals surface area contributed by atoms with Crippen molar-refractivity contribution in [1.82, 2.24) is 0 Å². The van der Waals surface area contributed by atoms with E-state index in [-0.39, 0.29) is 5.70 Å². The number of benzene rings is 1. The zero-order valence-electron chi connectivity index (χ0n) is 7.64. The van der Waals surface area contributed by atoms with Crippen molar-refractivity contribution in [3.63, 3.8) is 0 Å². The predicted octanol–water partition coefficient (Wildman–Crippen LogP) is 1.91. The van der Waals surface area contributed by atoms with Crippen LogP contribution in [0.15, 0.2) is 40.8 Å². The summed E-state index contributed by atoms with van der Waals surface area (Å²) in [5.41, 5.74) is 7.13. The normalized spacial score (nSPS) is 18.5. The minimum Gasteiger partial charge on any atom is -0.398 e. The van der Waals surface area contributed by atoms with Crippen molar-refractivity contribution in [2.45, 2.75) is 0 Å². The molecule has 5 heteroatoms.